The largest absolute Gasteiger partial charge is 0.487 e. The highest BCUT2D eigenvalue weighted by molar-refractivity contribution is 5.80. The fourth-order valence-corrected chi connectivity index (χ4v) is 2.17. The first-order valence-corrected chi connectivity index (χ1v) is 8.66. The van der Waals surface area contributed by atoms with E-state index in [4.69, 9.17) is 9.47 Å². The molecule has 0 saturated carbocycles. The Kier molecular flexibility index (Phi) is 8.01. The number of carboxylic acid groups (broad SMARTS) is 1. The number of aliphatic carboxylic acids is 1. The van der Waals surface area contributed by atoms with E-state index in [1.165, 1.54) is 12.1 Å². The van der Waals surface area contributed by atoms with Crippen molar-refractivity contribution in [2.75, 3.05) is 6.61 Å². The second kappa shape index (κ2) is 9.75. The lowest BCUT2D eigenvalue weighted by atomic mass is 10.0. The maximum Gasteiger partial charge on any atom is 0.408 e. The highest BCUT2D eigenvalue weighted by Gasteiger charge is 2.25. The predicted molar refractivity (Wildman–Crippen MR) is 98.0 cm³/mol. The summed E-state index contributed by atoms with van der Waals surface area (Å²) in [4.78, 5) is 33.9. The van der Waals surface area contributed by atoms with E-state index < -0.39 is 28.6 Å². The van der Waals surface area contributed by atoms with Crippen molar-refractivity contribution >= 4 is 17.7 Å². The normalized spacial score (nSPS) is 12.1. The van der Waals surface area contributed by atoms with Gasteiger partial charge in [0.25, 0.3) is 0 Å². The molecule has 1 unspecified atom stereocenters. The molecular weight excluding hydrogens is 356 g/mol. The van der Waals surface area contributed by atoms with E-state index >= 15 is 0 Å². The van der Waals surface area contributed by atoms with Crippen LogP contribution in [0.2, 0.25) is 0 Å². The van der Waals surface area contributed by atoms with Crippen LogP contribution < -0.4 is 10.1 Å². The quantitative estimate of drug-likeness (QED) is 0.381. The molecule has 0 bridgehead atoms. The Bertz CT molecular complexity index is 683. The van der Waals surface area contributed by atoms with Gasteiger partial charge in [-0.3, -0.25) is 10.1 Å². The highest BCUT2D eigenvalue weighted by atomic mass is 16.6. The SMILES string of the molecule is CCCCOc1ccc(CC(NC(=O)OC(C)(C)C)C(=O)O)cc1[N+](=O)[O-]. The number of unbranched alkanes of at least 4 members (excludes halogenated alkanes) is 1. The van der Waals surface area contributed by atoms with Crippen LogP contribution in [-0.2, 0) is 16.0 Å². The van der Waals surface area contributed by atoms with Crippen molar-refractivity contribution in [3.05, 3.63) is 33.9 Å². The molecule has 0 aromatic heterocycles. The van der Waals surface area contributed by atoms with Crippen molar-refractivity contribution < 1.29 is 29.1 Å². The zero-order valence-corrected chi connectivity index (χ0v) is 16.0. The summed E-state index contributed by atoms with van der Waals surface area (Å²) in [7, 11) is 0. The lowest BCUT2D eigenvalue weighted by Gasteiger charge is -2.22. The molecule has 0 saturated heterocycles. The first-order chi connectivity index (χ1) is 12.5. The average Bonchev–Trinajstić information content (AvgIpc) is 2.53. The summed E-state index contributed by atoms with van der Waals surface area (Å²) >= 11 is 0. The summed E-state index contributed by atoms with van der Waals surface area (Å²) in [5.41, 5.74) is -0.637. The van der Waals surface area contributed by atoms with Crippen LogP contribution in [0.4, 0.5) is 10.5 Å². The Morgan fingerprint density at radius 1 is 1.33 bits per heavy atom. The van der Waals surface area contributed by atoms with E-state index in [1.807, 2.05) is 6.92 Å². The van der Waals surface area contributed by atoms with Crippen LogP contribution in [0.3, 0.4) is 0 Å². The summed E-state index contributed by atoms with van der Waals surface area (Å²) < 4.78 is 10.5. The van der Waals surface area contributed by atoms with Crippen LogP contribution in [-0.4, -0.2) is 40.3 Å². The van der Waals surface area contributed by atoms with Crippen LogP contribution in [0, 0.1) is 10.1 Å². The van der Waals surface area contributed by atoms with E-state index in [1.54, 1.807) is 26.8 Å². The molecule has 27 heavy (non-hydrogen) atoms. The molecule has 0 heterocycles. The van der Waals surface area contributed by atoms with Gasteiger partial charge in [0.05, 0.1) is 11.5 Å². The van der Waals surface area contributed by atoms with Gasteiger partial charge in [0.1, 0.15) is 11.6 Å². The second-order valence-electron chi connectivity index (χ2n) is 7.00. The van der Waals surface area contributed by atoms with Crippen LogP contribution in [0.5, 0.6) is 5.75 Å². The fourth-order valence-electron chi connectivity index (χ4n) is 2.17. The zero-order valence-electron chi connectivity index (χ0n) is 16.0. The number of amides is 1. The summed E-state index contributed by atoms with van der Waals surface area (Å²) in [5, 5.41) is 22.9. The summed E-state index contributed by atoms with van der Waals surface area (Å²) in [6.45, 7) is 7.30. The van der Waals surface area contributed by atoms with Gasteiger partial charge in [-0.1, -0.05) is 19.4 Å². The minimum absolute atomic E-state index is 0.129. The van der Waals surface area contributed by atoms with Gasteiger partial charge in [0, 0.05) is 12.5 Å². The number of carbonyl (C=O) groups is 2. The topological polar surface area (TPSA) is 128 Å². The van der Waals surface area contributed by atoms with Crippen LogP contribution >= 0.6 is 0 Å². The molecule has 9 nitrogen and oxygen atoms in total. The van der Waals surface area contributed by atoms with Gasteiger partial charge in [-0.15, -0.1) is 0 Å². The third-order valence-electron chi connectivity index (χ3n) is 3.40. The Labute approximate surface area is 157 Å². The molecule has 0 radical (unpaired) electrons. The van der Waals surface area contributed by atoms with Crippen molar-refractivity contribution in [3.8, 4) is 5.75 Å². The molecule has 0 aliphatic heterocycles. The first kappa shape index (κ1) is 22.2. The van der Waals surface area contributed by atoms with E-state index in [-0.39, 0.29) is 17.9 Å². The zero-order chi connectivity index (χ0) is 20.6. The number of alkyl carbamates (subject to hydrolysis) is 1. The van der Waals surface area contributed by atoms with Gasteiger partial charge in [0.2, 0.25) is 0 Å². The van der Waals surface area contributed by atoms with E-state index in [0.717, 1.165) is 12.8 Å². The average molecular weight is 382 g/mol. The number of nitrogens with zero attached hydrogens (tertiary/aromatic N) is 1. The summed E-state index contributed by atoms with van der Waals surface area (Å²) in [6.07, 6.45) is 0.649. The number of carboxylic acids is 1. The van der Waals surface area contributed by atoms with Gasteiger partial charge >= 0.3 is 17.7 Å². The minimum Gasteiger partial charge on any atom is -0.487 e. The number of ether oxygens (including phenoxy) is 2. The van der Waals surface area contributed by atoms with Gasteiger partial charge in [-0.05, 0) is 38.8 Å². The lowest BCUT2D eigenvalue weighted by Crippen LogP contribution is -2.44. The molecule has 0 aliphatic rings. The molecule has 1 aromatic carbocycles. The van der Waals surface area contributed by atoms with Crippen molar-refractivity contribution in [1.29, 1.82) is 0 Å². The van der Waals surface area contributed by atoms with Crippen molar-refractivity contribution in [1.82, 2.24) is 5.32 Å². The molecular formula is C18H26N2O7. The van der Waals surface area contributed by atoms with E-state index in [2.05, 4.69) is 5.32 Å². The minimum atomic E-state index is -1.29. The number of rotatable bonds is 9. The van der Waals surface area contributed by atoms with Crippen LogP contribution in [0.15, 0.2) is 18.2 Å². The molecule has 0 aliphatic carbocycles. The van der Waals surface area contributed by atoms with Gasteiger partial charge < -0.3 is 19.9 Å². The number of nitro benzene ring substituents is 1. The number of hydrogen-bond donors (Lipinski definition) is 2. The molecule has 2 N–H and O–H groups in total. The number of hydrogen-bond acceptors (Lipinski definition) is 6. The lowest BCUT2D eigenvalue weighted by molar-refractivity contribution is -0.385. The summed E-state index contributed by atoms with van der Waals surface area (Å²) in [6, 6.07) is 2.95. The molecule has 0 spiro atoms. The fraction of sp³-hybridized carbons (Fsp3) is 0.556. The smallest absolute Gasteiger partial charge is 0.408 e. The highest BCUT2D eigenvalue weighted by Crippen LogP contribution is 2.28. The van der Waals surface area contributed by atoms with Gasteiger partial charge in [-0.25, -0.2) is 9.59 Å². The Morgan fingerprint density at radius 2 is 2.00 bits per heavy atom. The molecule has 150 valence electrons. The standard InChI is InChI=1S/C18H26N2O7/c1-5-6-9-26-15-8-7-12(11-14(15)20(24)25)10-13(16(21)22)19-17(23)27-18(2,3)4/h7-8,11,13H,5-6,9-10H2,1-4H3,(H,19,23)(H,21,22). The molecule has 1 atom stereocenters. The molecule has 1 aromatic rings. The van der Waals surface area contributed by atoms with Crippen molar-refractivity contribution in [2.45, 2.75) is 58.6 Å². The predicted octanol–water partition coefficient (Wildman–Crippen LogP) is 3.29. The van der Waals surface area contributed by atoms with E-state index in [0.29, 0.717) is 12.2 Å². The maximum atomic E-state index is 11.8. The maximum absolute atomic E-state index is 11.8. The Morgan fingerprint density at radius 3 is 2.52 bits per heavy atom. The second-order valence-corrected chi connectivity index (χ2v) is 7.00. The Balaban J connectivity index is 2.92. The third-order valence-corrected chi connectivity index (χ3v) is 3.40. The number of carbonyl (C=O) groups excluding carboxylic acids is 1. The molecule has 0 fully saturated rings. The molecule has 1 rings (SSSR count). The monoisotopic (exact) mass is 382 g/mol. The summed E-state index contributed by atoms with van der Waals surface area (Å²) in [5.74, 6) is -1.14. The van der Waals surface area contributed by atoms with E-state index in [9.17, 15) is 24.8 Å². The number of nitrogens with one attached hydrogen (secondary N) is 1. The first-order valence-electron chi connectivity index (χ1n) is 8.66. The number of benzene rings is 1. The van der Waals surface area contributed by atoms with Crippen molar-refractivity contribution in [3.63, 3.8) is 0 Å². The van der Waals surface area contributed by atoms with Crippen LogP contribution in [0.1, 0.15) is 46.1 Å². The molecule has 1 amide bonds. The van der Waals surface area contributed by atoms with Gasteiger partial charge in [-0.2, -0.15) is 0 Å². The van der Waals surface area contributed by atoms with Gasteiger partial charge in [0.15, 0.2) is 5.75 Å². The third kappa shape index (κ3) is 7.93. The number of nitro groups is 1. The van der Waals surface area contributed by atoms with Crippen LogP contribution in [0.25, 0.3) is 0 Å². The molecule has 9 heteroatoms. The van der Waals surface area contributed by atoms with Crippen molar-refractivity contribution in [2.24, 2.45) is 0 Å². The Hall–Kier alpha value is -2.84.